The van der Waals surface area contributed by atoms with Crippen molar-refractivity contribution in [3.63, 3.8) is 0 Å². The fourth-order valence-electron chi connectivity index (χ4n) is 3.18. The van der Waals surface area contributed by atoms with Crippen LogP contribution in [0.2, 0.25) is 0 Å². The first-order valence-electron chi connectivity index (χ1n) is 7.22. The molecule has 106 valence electrons. The largest absolute Gasteiger partial charge is 0.372 e. The minimum Gasteiger partial charge on any atom is -0.372 e. The molecule has 2 aliphatic rings. The van der Waals surface area contributed by atoms with E-state index in [1.807, 2.05) is 18.5 Å². The molecular weight excluding hydrogens is 254 g/mol. The Labute approximate surface area is 118 Å². The molecule has 0 spiro atoms. The van der Waals surface area contributed by atoms with Crippen molar-refractivity contribution in [3.8, 4) is 0 Å². The molecule has 0 saturated carbocycles. The van der Waals surface area contributed by atoms with Crippen LogP contribution in [0.3, 0.4) is 0 Å². The highest BCUT2D eigenvalue weighted by Crippen LogP contribution is 2.23. The molecule has 0 aliphatic carbocycles. The van der Waals surface area contributed by atoms with Gasteiger partial charge in [-0.2, -0.15) is 5.10 Å². The molecule has 2 aliphatic heterocycles. The first kappa shape index (κ1) is 12.1. The van der Waals surface area contributed by atoms with Gasteiger partial charge >= 0.3 is 0 Å². The maximum atomic E-state index is 5.44. The second-order valence-corrected chi connectivity index (χ2v) is 5.53. The second kappa shape index (κ2) is 5.03. The van der Waals surface area contributed by atoms with E-state index in [0.717, 1.165) is 38.6 Å². The highest BCUT2D eigenvalue weighted by Gasteiger charge is 2.25. The molecule has 1 atom stereocenters. The van der Waals surface area contributed by atoms with E-state index in [1.54, 1.807) is 0 Å². The molecule has 1 saturated heterocycles. The molecule has 2 aromatic rings. The van der Waals surface area contributed by atoms with E-state index < -0.39 is 0 Å². The van der Waals surface area contributed by atoms with Gasteiger partial charge in [-0.25, -0.2) is 4.98 Å². The van der Waals surface area contributed by atoms with Crippen molar-refractivity contribution in [2.45, 2.75) is 32.2 Å². The number of hydrogen-bond acceptors (Lipinski definition) is 4. The first-order valence-corrected chi connectivity index (χ1v) is 7.22. The van der Waals surface area contributed by atoms with E-state index in [9.17, 15) is 0 Å². The lowest BCUT2D eigenvalue weighted by molar-refractivity contribution is 0.0798. The topological polar surface area (TPSA) is 48.1 Å². The minimum atomic E-state index is 0.511. The fraction of sp³-hybridized carbons (Fsp3) is 0.571. The predicted octanol–water partition coefficient (Wildman–Crippen LogP) is 1.06. The Morgan fingerprint density at radius 1 is 1.35 bits per heavy atom. The molecule has 4 rings (SSSR count). The van der Waals surface area contributed by atoms with E-state index in [-0.39, 0.29) is 0 Å². The molecule has 6 nitrogen and oxygen atoms in total. The van der Waals surface area contributed by atoms with Gasteiger partial charge in [-0.1, -0.05) is 0 Å². The van der Waals surface area contributed by atoms with Crippen LogP contribution in [0, 0.1) is 0 Å². The normalized spacial score (nSPS) is 23.1. The van der Waals surface area contributed by atoms with Crippen molar-refractivity contribution in [1.29, 1.82) is 0 Å². The molecular formula is C14H19N5O. The van der Waals surface area contributed by atoms with Crippen LogP contribution in [0.15, 0.2) is 24.7 Å². The van der Waals surface area contributed by atoms with Gasteiger partial charge in [0.05, 0.1) is 18.3 Å². The van der Waals surface area contributed by atoms with Gasteiger partial charge in [0.1, 0.15) is 12.4 Å². The third-order valence-electron chi connectivity index (χ3n) is 4.24. The first-order chi connectivity index (χ1) is 9.90. The van der Waals surface area contributed by atoms with Crippen LogP contribution in [0.5, 0.6) is 0 Å². The van der Waals surface area contributed by atoms with Crippen molar-refractivity contribution in [2.75, 3.05) is 19.7 Å². The molecule has 0 bridgehead atoms. The van der Waals surface area contributed by atoms with E-state index in [0.29, 0.717) is 12.6 Å². The summed E-state index contributed by atoms with van der Waals surface area (Å²) < 4.78 is 9.83. The number of fused-ring (bicyclic) bond motifs is 1. The molecule has 1 unspecified atom stereocenters. The number of nitrogens with zero attached hydrogens (tertiary/aromatic N) is 5. The molecule has 0 aromatic carbocycles. The third kappa shape index (κ3) is 2.14. The Morgan fingerprint density at radius 2 is 2.35 bits per heavy atom. The molecule has 0 radical (unpaired) electrons. The van der Waals surface area contributed by atoms with Crippen molar-refractivity contribution < 1.29 is 4.74 Å². The third-order valence-corrected chi connectivity index (χ3v) is 4.24. The Bertz CT molecular complexity index is 576. The van der Waals surface area contributed by atoms with Gasteiger partial charge in [0.15, 0.2) is 0 Å². The van der Waals surface area contributed by atoms with Gasteiger partial charge in [-0.05, 0) is 12.5 Å². The summed E-state index contributed by atoms with van der Waals surface area (Å²) >= 11 is 0. The van der Waals surface area contributed by atoms with Crippen molar-refractivity contribution >= 4 is 0 Å². The average Bonchev–Trinajstić information content (AvgIpc) is 3.19. The van der Waals surface area contributed by atoms with Crippen LogP contribution in [0.1, 0.15) is 24.0 Å². The van der Waals surface area contributed by atoms with Crippen LogP contribution < -0.4 is 0 Å². The summed E-state index contributed by atoms with van der Waals surface area (Å²) in [7, 11) is 0. The summed E-state index contributed by atoms with van der Waals surface area (Å²) in [5.41, 5.74) is 1.31. The van der Waals surface area contributed by atoms with Crippen LogP contribution in [0.25, 0.3) is 0 Å². The van der Waals surface area contributed by atoms with Gasteiger partial charge in [0.2, 0.25) is 0 Å². The number of imidazole rings is 1. The summed E-state index contributed by atoms with van der Waals surface area (Å²) in [5.74, 6) is 1.06. The van der Waals surface area contributed by atoms with Crippen molar-refractivity contribution in [2.24, 2.45) is 0 Å². The molecule has 1 fully saturated rings. The number of aromatic nitrogens is 4. The maximum absolute atomic E-state index is 5.44. The van der Waals surface area contributed by atoms with Crippen molar-refractivity contribution in [1.82, 2.24) is 24.2 Å². The highest BCUT2D eigenvalue weighted by atomic mass is 16.5. The van der Waals surface area contributed by atoms with Gasteiger partial charge < -0.3 is 9.30 Å². The lowest BCUT2D eigenvalue weighted by Gasteiger charge is -2.20. The maximum Gasteiger partial charge on any atom is 0.135 e. The summed E-state index contributed by atoms with van der Waals surface area (Å²) in [4.78, 5) is 6.95. The molecule has 6 heteroatoms. The number of ether oxygens (including phenoxy) is 1. The number of rotatable bonds is 3. The van der Waals surface area contributed by atoms with Gasteiger partial charge in [-0.15, -0.1) is 0 Å². The van der Waals surface area contributed by atoms with Gasteiger partial charge in [0, 0.05) is 44.8 Å². The highest BCUT2D eigenvalue weighted by molar-refractivity contribution is 5.07. The van der Waals surface area contributed by atoms with E-state index in [1.165, 1.54) is 12.1 Å². The second-order valence-electron chi connectivity index (χ2n) is 5.53. The van der Waals surface area contributed by atoms with Crippen LogP contribution in [-0.2, 0) is 24.4 Å². The fourth-order valence-corrected chi connectivity index (χ4v) is 3.18. The van der Waals surface area contributed by atoms with Gasteiger partial charge in [-0.3, -0.25) is 9.58 Å². The molecule has 20 heavy (non-hydrogen) atoms. The summed E-state index contributed by atoms with van der Waals surface area (Å²) in [6.45, 7) is 5.55. The van der Waals surface area contributed by atoms with Gasteiger partial charge in [0.25, 0.3) is 0 Å². The zero-order chi connectivity index (χ0) is 13.4. The molecule has 0 amide bonds. The van der Waals surface area contributed by atoms with E-state index >= 15 is 0 Å². The zero-order valence-electron chi connectivity index (χ0n) is 11.5. The van der Waals surface area contributed by atoms with E-state index in [2.05, 4.69) is 30.4 Å². The quantitative estimate of drug-likeness (QED) is 0.839. The lowest BCUT2D eigenvalue weighted by atomic mass is 10.3. The Morgan fingerprint density at radius 3 is 3.25 bits per heavy atom. The van der Waals surface area contributed by atoms with Crippen LogP contribution in [-0.4, -0.2) is 43.9 Å². The molecule has 4 heterocycles. The Balaban J connectivity index is 1.44. The number of hydrogen-bond donors (Lipinski definition) is 0. The average molecular weight is 273 g/mol. The zero-order valence-corrected chi connectivity index (χ0v) is 11.5. The molecule has 0 N–H and O–H groups in total. The van der Waals surface area contributed by atoms with E-state index in [4.69, 9.17) is 4.74 Å². The predicted molar refractivity (Wildman–Crippen MR) is 73.0 cm³/mol. The summed E-state index contributed by atoms with van der Waals surface area (Å²) in [5, 5.41) is 4.36. The standard InChI is InChI=1S/C14H19N5O/c1-3-16-19(4-1)12-2-5-17(9-12)10-13-8-15-14-11-20-7-6-18(13)14/h1,3-4,8,12H,2,5-7,9-11H2. The summed E-state index contributed by atoms with van der Waals surface area (Å²) in [6.07, 6.45) is 7.10. The van der Waals surface area contributed by atoms with Crippen LogP contribution in [0.4, 0.5) is 0 Å². The SMILES string of the molecule is c1cnn(C2CCN(Cc3cnc4n3CCOC4)C2)c1. The lowest BCUT2D eigenvalue weighted by Crippen LogP contribution is -2.25. The summed E-state index contributed by atoms with van der Waals surface area (Å²) in [6, 6.07) is 2.51. The Kier molecular flexibility index (Phi) is 3.05. The smallest absolute Gasteiger partial charge is 0.135 e. The number of likely N-dealkylation sites (tertiary alicyclic amines) is 1. The van der Waals surface area contributed by atoms with Crippen molar-refractivity contribution in [3.05, 3.63) is 36.2 Å². The Hall–Kier alpha value is -1.66. The molecule has 2 aromatic heterocycles. The minimum absolute atomic E-state index is 0.511. The monoisotopic (exact) mass is 273 g/mol. The van der Waals surface area contributed by atoms with Crippen LogP contribution >= 0.6 is 0 Å².